The monoisotopic (exact) mass is 221 g/mol. The Bertz CT molecular complexity index is 350. The van der Waals surface area contributed by atoms with Crippen LogP contribution in [-0.4, -0.2) is 37.4 Å². The SMILES string of the molecule is CCN(C)CCOc1ccccc1C(C)=O. The lowest BCUT2D eigenvalue weighted by Crippen LogP contribution is -2.24. The molecule has 0 N–H and O–H groups in total. The molecule has 0 bridgehead atoms. The van der Waals surface area contributed by atoms with Crippen LogP contribution in [-0.2, 0) is 0 Å². The second-order valence-corrected chi connectivity index (χ2v) is 3.80. The van der Waals surface area contributed by atoms with Crippen molar-refractivity contribution in [2.75, 3.05) is 26.7 Å². The van der Waals surface area contributed by atoms with E-state index in [0.29, 0.717) is 17.9 Å². The maximum absolute atomic E-state index is 11.3. The summed E-state index contributed by atoms with van der Waals surface area (Å²) < 4.78 is 5.61. The first-order valence-electron chi connectivity index (χ1n) is 5.56. The lowest BCUT2D eigenvalue weighted by Gasteiger charge is -2.15. The highest BCUT2D eigenvalue weighted by Gasteiger charge is 2.07. The van der Waals surface area contributed by atoms with Crippen LogP contribution in [0.2, 0.25) is 0 Å². The Morgan fingerprint density at radius 1 is 1.38 bits per heavy atom. The van der Waals surface area contributed by atoms with Crippen LogP contribution in [0.15, 0.2) is 24.3 Å². The summed E-state index contributed by atoms with van der Waals surface area (Å²) in [6.07, 6.45) is 0. The number of benzene rings is 1. The third-order valence-electron chi connectivity index (χ3n) is 2.54. The quantitative estimate of drug-likeness (QED) is 0.690. The van der Waals surface area contributed by atoms with Crippen LogP contribution >= 0.6 is 0 Å². The van der Waals surface area contributed by atoms with Crippen molar-refractivity contribution in [1.29, 1.82) is 0 Å². The van der Waals surface area contributed by atoms with Gasteiger partial charge < -0.3 is 9.64 Å². The average Bonchev–Trinajstić information content (AvgIpc) is 2.29. The van der Waals surface area contributed by atoms with E-state index in [-0.39, 0.29) is 5.78 Å². The molecule has 0 aliphatic heterocycles. The molecule has 3 nitrogen and oxygen atoms in total. The standard InChI is InChI=1S/C13H19NO2/c1-4-14(3)9-10-16-13-8-6-5-7-12(13)11(2)15/h5-8H,4,9-10H2,1-3H3. The summed E-state index contributed by atoms with van der Waals surface area (Å²) >= 11 is 0. The topological polar surface area (TPSA) is 29.5 Å². The third-order valence-corrected chi connectivity index (χ3v) is 2.54. The molecule has 0 aliphatic carbocycles. The molecule has 0 atom stereocenters. The zero-order valence-electron chi connectivity index (χ0n) is 10.2. The fraction of sp³-hybridized carbons (Fsp3) is 0.462. The molecule has 0 heterocycles. The van der Waals surface area contributed by atoms with Gasteiger partial charge in [-0.15, -0.1) is 0 Å². The van der Waals surface area contributed by atoms with Crippen LogP contribution in [0.25, 0.3) is 0 Å². The molecule has 0 fully saturated rings. The third kappa shape index (κ3) is 3.66. The van der Waals surface area contributed by atoms with Gasteiger partial charge in [0.25, 0.3) is 0 Å². The van der Waals surface area contributed by atoms with Crippen LogP contribution in [0.5, 0.6) is 5.75 Å². The van der Waals surface area contributed by atoms with E-state index < -0.39 is 0 Å². The minimum absolute atomic E-state index is 0.0412. The molecule has 0 saturated heterocycles. The molecule has 3 heteroatoms. The van der Waals surface area contributed by atoms with E-state index in [9.17, 15) is 4.79 Å². The normalized spacial score (nSPS) is 10.5. The molecular formula is C13H19NO2. The van der Waals surface area contributed by atoms with Gasteiger partial charge in [0.1, 0.15) is 12.4 Å². The number of hydrogen-bond acceptors (Lipinski definition) is 3. The van der Waals surface area contributed by atoms with E-state index >= 15 is 0 Å². The summed E-state index contributed by atoms with van der Waals surface area (Å²) in [7, 11) is 2.04. The van der Waals surface area contributed by atoms with Crippen molar-refractivity contribution in [2.24, 2.45) is 0 Å². The molecule has 0 aliphatic rings. The molecule has 0 saturated carbocycles. The van der Waals surface area contributed by atoms with Crippen LogP contribution < -0.4 is 4.74 Å². The minimum Gasteiger partial charge on any atom is -0.491 e. The Kier molecular flexibility index (Phi) is 4.99. The maximum atomic E-state index is 11.3. The van der Waals surface area contributed by atoms with E-state index in [1.807, 2.05) is 25.2 Å². The molecule has 0 amide bonds. The van der Waals surface area contributed by atoms with Crippen molar-refractivity contribution in [3.05, 3.63) is 29.8 Å². The summed E-state index contributed by atoms with van der Waals surface area (Å²) in [6, 6.07) is 7.36. The maximum Gasteiger partial charge on any atom is 0.163 e. The molecule has 0 aromatic heterocycles. The van der Waals surface area contributed by atoms with Crippen molar-refractivity contribution in [1.82, 2.24) is 4.90 Å². The van der Waals surface area contributed by atoms with Gasteiger partial charge >= 0.3 is 0 Å². The van der Waals surface area contributed by atoms with Crippen molar-refractivity contribution in [2.45, 2.75) is 13.8 Å². The zero-order valence-corrected chi connectivity index (χ0v) is 10.2. The second kappa shape index (κ2) is 6.28. The van der Waals surface area contributed by atoms with E-state index in [0.717, 1.165) is 13.1 Å². The number of carbonyl (C=O) groups is 1. The summed E-state index contributed by atoms with van der Waals surface area (Å²) in [5, 5.41) is 0. The van der Waals surface area contributed by atoms with Gasteiger partial charge in [-0.1, -0.05) is 19.1 Å². The van der Waals surface area contributed by atoms with Crippen LogP contribution in [0, 0.1) is 0 Å². The highest BCUT2D eigenvalue weighted by atomic mass is 16.5. The summed E-state index contributed by atoms with van der Waals surface area (Å²) in [4.78, 5) is 13.5. The Balaban J connectivity index is 2.56. The van der Waals surface area contributed by atoms with Gasteiger partial charge in [0.15, 0.2) is 5.78 Å². The zero-order chi connectivity index (χ0) is 12.0. The molecule has 1 aromatic rings. The molecule has 16 heavy (non-hydrogen) atoms. The Morgan fingerprint density at radius 3 is 2.69 bits per heavy atom. The number of ketones is 1. The largest absolute Gasteiger partial charge is 0.491 e. The van der Waals surface area contributed by atoms with Crippen molar-refractivity contribution in [3.8, 4) is 5.75 Å². The van der Waals surface area contributed by atoms with E-state index in [4.69, 9.17) is 4.74 Å². The summed E-state index contributed by atoms with van der Waals surface area (Å²) in [6.45, 7) is 6.12. The molecular weight excluding hydrogens is 202 g/mol. The number of rotatable bonds is 6. The number of carbonyl (C=O) groups excluding carboxylic acids is 1. The van der Waals surface area contributed by atoms with Gasteiger partial charge in [0.05, 0.1) is 5.56 Å². The number of Topliss-reactive ketones (excluding diaryl/α,β-unsaturated/α-hetero) is 1. The molecule has 0 spiro atoms. The van der Waals surface area contributed by atoms with Gasteiger partial charge in [-0.25, -0.2) is 0 Å². The van der Waals surface area contributed by atoms with Gasteiger partial charge in [-0.2, -0.15) is 0 Å². The first kappa shape index (κ1) is 12.7. The van der Waals surface area contributed by atoms with Crippen LogP contribution in [0.3, 0.4) is 0 Å². The predicted molar refractivity (Wildman–Crippen MR) is 65.1 cm³/mol. The number of nitrogens with zero attached hydrogens (tertiary/aromatic N) is 1. The predicted octanol–water partition coefficient (Wildman–Crippen LogP) is 2.22. The van der Waals surface area contributed by atoms with Gasteiger partial charge in [0, 0.05) is 6.54 Å². The first-order chi connectivity index (χ1) is 7.65. The highest BCUT2D eigenvalue weighted by Crippen LogP contribution is 2.18. The summed E-state index contributed by atoms with van der Waals surface area (Å²) in [5.41, 5.74) is 0.654. The average molecular weight is 221 g/mol. The second-order valence-electron chi connectivity index (χ2n) is 3.80. The number of ether oxygens (including phenoxy) is 1. The fourth-order valence-electron chi connectivity index (χ4n) is 1.35. The number of hydrogen-bond donors (Lipinski definition) is 0. The van der Waals surface area contributed by atoms with Crippen molar-refractivity contribution in [3.63, 3.8) is 0 Å². The Labute approximate surface area is 97.0 Å². The highest BCUT2D eigenvalue weighted by molar-refractivity contribution is 5.96. The Morgan fingerprint density at radius 2 is 2.06 bits per heavy atom. The summed E-state index contributed by atoms with van der Waals surface area (Å²) in [5.74, 6) is 0.721. The fourth-order valence-corrected chi connectivity index (χ4v) is 1.35. The first-order valence-corrected chi connectivity index (χ1v) is 5.56. The van der Waals surface area contributed by atoms with Gasteiger partial charge in [0.2, 0.25) is 0 Å². The molecule has 1 aromatic carbocycles. The van der Waals surface area contributed by atoms with Crippen LogP contribution in [0.1, 0.15) is 24.2 Å². The van der Waals surface area contributed by atoms with E-state index in [1.165, 1.54) is 0 Å². The lowest BCUT2D eigenvalue weighted by atomic mass is 10.1. The van der Waals surface area contributed by atoms with Gasteiger partial charge in [-0.3, -0.25) is 4.79 Å². The van der Waals surface area contributed by atoms with E-state index in [2.05, 4.69) is 11.8 Å². The minimum atomic E-state index is 0.0412. The van der Waals surface area contributed by atoms with Crippen molar-refractivity contribution < 1.29 is 9.53 Å². The molecule has 1 rings (SSSR count). The van der Waals surface area contributed by atoms with Gasteiger partial charge in [-0.05, 0) is 32.6 Å². The number of likely N-dealkylation sites (N-methyl/N-ethyl adjacent to an activating group) is 1. The van der Waals surface area contributed by atoms with Crippen LogP contribution in [0.4, 0.5) is 0 Å². The van der Waals surface area contributed by atoms with E-state index in [1.54, 1.807) is 13.0 Å². The Hall–Kier alpha value is -1.35. The molecule has 0 unspecified atom stereocenters. The molecule has 0 radical (unpaired) electrons. The lowest BCUT2D eigenvalue weighted by molar-refractivity contribution is 0.101. The number of para-hydroxylation sites is 1. The van der Waals surface area contributed by atoms with Crippen molar-refractivity contribution >= 4 is 5.78 Å². The smallest absolute Gasteiger partial charge is 0.163 e. The molecule has 88 valence electrons.